The Labute approximate surface area is 83.3 Å². The zero-order chi connectivity index (χ0) is 10.4. The van der Waals surface area contributed by atoms with E-state index in [1.54, 1.807) is 6.92 Å². The molecule has 1 fully saturated rings. The molecule has 0 saturated carbocycles. The van der Waals surface area contributed by atoms with Gasteiger partial charge < -0.3 is 9.84 Å². The molecule has 0 aromatic heterocycles. The summed E-state index contributed by atoms with van der Waals surface area (Å²) in [6, 6.07) is 0. The maximum atomic E-state index is 11.3. The first-order valence-electron chi connectivity index (χ1n) is 4.91. The highest BCUT2D eigenvalue weighted by molar-refractivity contribution is 5.79. The van der Waals surface area contributed by atoms with Crippen molar-refractivity contribution in [1.82, 2.24) is 5.48 Å². The standard InChI is InChI=1S/C9H17NO4/c1-7(11)6-14-10-9(12)8-4-2-3-5-13-8/h7-8,11H,2-6H2,1H3,(H,10,12). The summed E-state index contributed by atoms with van der Waals surface area (Å²) in [6.45, 7) is 2.32. The van der Waals surface area contributed by atoms with Crippen molar-refractivity contribution in [3.8, 4) is 0 Å². The maximum absolute atomic E-state index is 11.3. The molecular formula is C9H17NO4. The molecule has 0 radical (unpaired) electrons. The van der Waals surface area contributed by atoms with Crippen molar-refractivity contribution >= 4 is 5.91 Å². The zero-order valence-corrected chi connectivity index (χ0v) is 8.36. The molecule has 82 valence electrons. The van der Waals surface area contributed by atoms with Crippen LogP contribution in [0.3, 0.4) is 0 Å². The number of ether oxygens (including phenoxy) is 1. The molecule has 0 spiro atoms. The SMILES string of the molecule is CC(O)CONC(=O)C1CCCCO1. The van der Waals surface area contributed by atoms with Crippen molar-refractivity contribution in [2.75, 3.05) is 13.2 Å². The lowest BCUT2D eigenvalue weighted by molar-refractivity contribution is -0.150. The van der Waals surface area contributed by atoms with Gasteiger partial charge in [-0.1, -0.05) is 0 Å². The topological polar surface area (TPSA) is 67.8 Å². The second-order valence-electron chi connectivity index (χ2n) is 3.48. The van der Waals surface area contributed by atoms with Crippen molar-refractivity contribution in [2.24, 2.45) is 0 Å². The quantitative estimate of drug-likeness (QED) is 0.630. The van der Waals surface area contributed by atoms with Gasteiger partial charge >= 0.3 is 0 Å². The molecule has 0 aliphatic carbocycles. The predicted molar refractivity (Wildman–Crippen MR) is 49.4 cm³/mol. The van der Waals surface area contributed by atoms with Gasteiger partial charge in [0.25, 0.3) is 5.91 Å². The van der Waals surface area contributed by atoms with Crippen LogP contribution in [-0.2, 0) is 14.4 Å². The number of carbonyl (C=O) groups excluding carboxylic acids is 1. The number of carbonyl (C=O) groups is 1. The third-order valence-electron chi connectivity index (χ3n) is 1.97. The van der Waals surface area contributed by atoms with E-state index in [1.165, 1.54) is 0 Å². The van der Waals surface area contributed by atoms with Gasteiger partial charge in [-0.05, 0) is 26.2 Å². The Hall–Kier alpha value is -0.650. The molecule has 1 aliphatic rings. The summed E-state index contributed by atoms with van der Waals surface area (Å²) in [5.41, 5.74) is 2.26. The van der Waals surface area contributed by atoms with E-state index >= 15 is 0 Å². The molecule has 2 atom stereocenters. The molecule has 1 aliphatic heterocycles. The molecule has 2 N–H and O–H groups in total. The molecule has 0 aromatic rings. The van der Waals surface area contributed by atoms with Gasteiger partial charge in [0.15, 0.2) is 0 Å². The van der Waals surface area contributed by atoms with Gasteiger partial charge in [0.2, 0.25) is 0 Å². The number of amides is 1. The van der Waals surface area contributed by atoms with E-state index in [2.05, 4.69) is 5.48 Å². The maximum Gasteiger partial charge on any atom is 0.272 e. The molecule has 0 aromatic carbocycles. The first-order chi connectivity index (χ1) is 6.70. The normalized spacial score (nSPS) is 24.3. The highest BCUT2D eigenvalue weighted by Crippen LogP contribution is 2.12. The summed E-state index contributed by atoms with van der Waals surface area (Å²) in [5, 5.41) is 8.87. The van der Waals surface area contributed by atoms with Crippen molar-refractivity contribution in [3.63, 3.8) is 0 Å². The van der Waals surface area contributed by atoms with E-state index in [0.29, 0.717) is 6.61 Å². The number of aliphatic hydroxyl groups is 1. The third kappa shape index (κ3) is 4.04. The van der Waals surface area contributed by atoms with Crippen LogP contribution < -0.4 is 5.48 Å². The number of rotatable bonds is 4. The van der Waals surface area contributed by atoms with Crippen molar-refractivity contribution in [2.45, 2.75) is 38.4 Å². The Kier molecular flexibility index (Phi) is 4.86. The van der Waals surface area contributed by atoms with Gasteiger partial charge in [0.1, 0.15) is 12.7 Å². The van der Waals surface area contributed by atoms with Crippen LogP contribution in [0.15, 0.2) is 0 Å². The largest absolute Gasteiger partial charge is 0.391 e. The lowest BCUT2D eigenvalue weighted by Gasteiger charge is -2.21. The third-order valence-corrected chi connectivity index (χ3v) is 1.97. The number of nitrogens with one attached hydrogen (secondary N) is 1. The van der Waals surface area contributed by atoms with Crippen LogP contribution in [-0.4, -0.2) is 36.4 Å². The fourth-order valence-corrected chi connectivity index (χ4v) is 1.25. The monoisotopic (exact) mass is 203 g/mol. The van der Waals surface area contributed by atoms with Crippen LogP contribution >= 0.6 is 0 Å². The fraction of sp³-hybridized carbons (Fsp3) is 0.889. The highest BCUT2D eigenvalue weighted by Gasteiger charge is 2.21. The summed E-state index contributed by atoms with van der Waals surface area (Å²) in [5.74, 6) is -0.259. The molecule has 14 heavy (non-hydrogen) atoms. The van der Waals surface area contributed by atoms with Gasteiger partial charge in [0, 0.05) is 6.61 Å². The van der Waals surface area contributed by atoms with Gasteiger partial charge in [-0.2, -0.15) is 0 Å². The second kappa shape index (κ2) is 5.95. The van der Waals surface area contributed by atoms with Gasteiger partial charge in [-0.3, -0.25) is 9.63 Å². The lowest BCUT2D eigenvalue weighted by Crippen LogP contribution is -2.39. The zero-order valence-electron chi connectivity index (χ0n) is 8.36. The van der Waals surface area contributed by atoms with Gasteiger partial charge in [-0.15, -0.1) is 0 Å². The summed E-state index contributed by atoms with van der Waals surface area (Å²) in [6.07, 6.45) is 1.79. The van der Waals surface area contributed by atoms with Crippen LogP contribution in [0.25, 0.3) is 0 Å². The van der Waals surface area contributed by atoms with E-state index in [9.17, 15) is 4.79 Å². The minimum atomic E-state index is -0.581. The minimum absolute atomic E-state index is 0.0957. The molecule has 1 rings (SSSR count). The smallest absolute Gasteiger partial charge is 0.272 e. The van der Waals surface area contributed by atoms with Crippen LogP contribution in [0.5, 0.6) is 0 Å². The van der Waals surface area contributed by atoms with E-state index in [1.807, 2.05) is 0 Å². The Morgan fingerprint density at radius 3 is 3.07 bits per heavy atom. The summed E-state index contributed by atoms with van der Waals surface area (Å²) in [4.78, 5) is 16.1. The first-order valence-corrected chi connectivity index (χ1v) is 4.91. The average Bonchev–Trinajstić information content (AvgIpc) is 2.18. The van der Waals surface area contributed by atoms with E-state index < -0.39 is 12.2 Å². The van der Waals surface area contributed by atoms with Gasteiger partial charge in [-0.25, -0.2) is 5.48 Å². The summed E-state index contributed by atoms with van der Waals surface area (Å²) < 4.78 is 5.24. The van der Waals surface area contributed by atoms with Crippen molar-refractivity contribution < 1.29 is 19.5 Å². The molecule has 1 heterocycles. The molecular weight excluding hydrogens is 186 g/mol. The van der Waals surface area contributed by atoms with Crippen LogP contribution in [0, 0.1) is 0 Å². The number of hydroxylamine groups is 1. The number of hydrogen-bond acceptors (Lipinski definition) is 4. The Morgan fingerprint density at radius 1 is 1.71 bits per heavy atom. The van der Waals surface area contributed by atoms with Crippen LogP contribution in [0.1, 0.15) is 26.2 Å². The Balaban J connectivity index is 2.13. The Bertz CT molecular complexity index is 178. The molecule has 2 unspecified atom stereocenters. The molecule has 1 saturated heterocycles. The van der Waals surface area contributed by atoms with Gasteiger partial charge in [0.05, 0.1) is 6.10 Å². The van der Waals surface area contributed by atoms with Crippen LogP contribution in [0.2, 0.25) is 0 Å². The van der Waals surface area contributed by atoms with E-state index in [-0.39, 0.29) is 12.5 Å². The van der Waals surface area contributed by atoms with E-state index in [4.69, 9.17) is 14.7 Å². The number of aliphatic hydroxyl groups excluding tert-OH is 1. The minimum Gasteiger partial charge on any atom is -0.391 e. The summed E-state index contributed by atoms with van der Waals surface area (Å²) in [7, 11) is 0. The van der Waals surface area contributed by atoms with Crippen molar-refractivity contribution in [1.29, 1.82) is 0 Å². The lowest BCUT2D eigenvalue weighted by atomic mass is 10.1. The van der Waals surface area contributed by atoms with Crippen molar-refractivity contribution in [3.05, 3.63) is 0 Å². The summed E-state index contributed by atoms with van der Waals surface area (Å²) >= 11 is 0. The molecule has 5 nitrogen and oxygen atoms in total. The molecule has 1 amide bonds. The molecule has 0 bridgehead atoms. The molecule has 5 heteroatoms. The number of hydrogen-bond donors (Lipinski definition) is 2. The second-order valence-corrected chi connectivity index (χ2v) is 3.48. The van der Waals surface area contributed by atoms with E-state index in [0.717, 1.165) is 19.3 Å². The fourth-order valence-electron chi connectivity index (χ4n) is 1.25. The average molecular weight is 203 g/mol. The predicted octanol–water partition coefficient (Wildman–Crippen LogP) is -0.0159. The highest BCUT2D eigenvalue weighted by atomic mass is 16.7. The Morgan fingerprint density at radius 2 is 2.50 bits per heavy atom. The van der Waals surface area contributed by atoms with Crippen LogP contribution in [0.4, 0.5) is 0 Å². The first kappa shape index (κ1) is 11.4.